The molecular formula is C9H15ClN6O2. The van der Waals surface area contributed by atoms with E-state index >= 15 is 0 Å². The molecule has 0 radical (unpaired) electrons. The number of likely N-dealkylation sites (N-methyl/N-ethyl adjacent to an activating group) is 1. The summed E-state index contributed by atoms with van der Waals surface area (Å²) in [4.78, 5) is 24.4. The van der Waals surface area contributed by atoms with Gasteiger partial charge in [-0.3, -0.25) is 4.79 Å². The van der Waals surface area contributed by atoms with Gasteiger partial charge in [0.1, 0.15) is 0 Å². The fourth-order valence-corrected chi connectivity index (χ4v) is 1.32. The number of ether oxygens (including phenoxy) is 1. The van der Waals surface area contributed by atoms with Crippen molar-refractivity contribution < 1.29 is 9.53 Å². The zero-order valence-corrected chi connectivity index (χ0v) is 10.9. The number of halogens is 1. The van der Waals surface area contributed by atoms with E-state index in [0.717, 1.165) is 0 Å². The normalized spacial score (nSPS) is 10.2. The van der Waals surface area contributed by atoms with E-state index in [2.05, 4.69) is 20.3 Å². The molecule has 0 unspecified atom stereocenters. The molecule has 0 fully saturated rings. The smallest absolute Gasteiger partial charge is 0.239 e. The SMILES string of the molecule is COCCNC(=O)CN(C)c1nc(N)nc(Cl)n1. The summed E-state index contributed by atoms with van der Waals surface area (Å²) >= 11 is 5.65. The van der Waals surface area contributed by atoms with Crippen molar-refractivity contribution in [1.82, 2.24) is 20.3 Å². The largest absolute Gasteiger partial charge is 0.383 e. The molecular weight excluding hydrogens is 260 g/mol. The average Bonchev–Trinajstić information content (AvgIpc) is 2.28. The van der Waals surface area contributed by atoms with Gasteiger partial charge in [-0.25, -0.2) is 0 Å². The third-order valence-corrected chi connectivity index (χ3v) is 2.13. The Bertz CT molecular complexity index is 396. The Balaban J connectivity index is 2.53. The van der Waals surface area contributed by atoms with Crippen molar-refractivity contribution >= 4 is 29.4 Å². The summed E-state index contributed by atoms with van der Waals surface area (Å²) in [5.41, 5.74) is 5.44. The lowest BCUT2D eigenvalue weighted by atomic mass is 10.5. The van der Waals surface area contributed by atoms with Crippen LogP contribution in [0, 0.1) is 0 Å². The number of nitrogens with two attached hydrogens (primary N) is 1. The van der Waals surface area contributed by atoms with E-state index in [1.165, 1.54) is 4.90 Å². The zero-order valence-electron chi connectivity index (χ0n) is 10.2. The number of aromatic nitrogens is 3. The zero-order chi connectivity index (χ0) is 13.5. The van der Waals surface area contributed by atoms with E-state index in [0.29, 0.717) is 13.2 Å². The molecule has 1 aromatic rings. The van der Waals surface area contributed by atoms with E-state index in [1.54, 1.807) is 14.2 Å². The molecule has 0 aromatic carbocycles. The van der Waals surface area contributed by atoms with E-state index in [4.69, 9.17) is 22.1 Å². The summed E-state index contributed by atoms with van der Waals surface area (Å²) in [6.07, 6.45) is 0. The van der Waals surface area contributed by atoms with E-state index < -0.39 is 0 Å². The van der Waals surface area contributed by atoms with E-state index in [1.807, 2.05) is 0 Å². The molecule has 8 nitrogen and oxygen atoms in total. The van der Waals surface area contributed by atoms with Crippen LogP contribution in [0.15, 0.2) is 0 Å². The molecule has 18 heavy (non-hydrogen) atoms. The number of carbonyl (C=O) groups excluding carboxylic acids is 1. The number of methoxy groups -OCH3 is 1. The number of nitrogen functional groups attached to an aromatic ring is 1. The molecule has 0 atom stereocenters. The first-order chi connectivity index (χ1) is 8.52. The van der Waals surface area contributed by atoms with Gasteiger partial charge in [0.2, 0.25) is 23.1 Å². The maximum atomic E-state index is 11.5. The van der Waals surface area contributed by atoms with Crippen molar-refractivity contribution in [3.05, 3.63) is 5.28 Å². The quantitative estimate of drug-likeness (QED) is 0.661. The van der Waals surface area contributed by atoms with Gasteiger partial charge in [0, 0.05) is 20.7 Å². The minimum atomic E-state index is -0.176. The molecule has 0 saturated heterocycles. The standard InChI is InChI=1S/C9H15ClN6O2/c1-16(5-6(17)12-3-4-18-2)9-14-7(10)13-8(11)15-9/h3-5H2,1-2H3,(H,12,17)(H2,11,13,14,15). The second kappa shape index (κ2) is 6.92. The minimum absolute atomic E-state index is 0.0101. The van der Waals surface area contributed by atoms with Gasteiger partial charge < -0.3 is 20.7 Å². The van der Waals surface area contributed by atoms with Crippen LogP contribution in [0.5, 0.6) is 0 Å². The molecule has 9 heteroatoms. The van der Waals surface area contributed by atoms with Crippen molar-refractivity contribution in [2.45, 2.75) is 0 Å². The van der Waals surface area contributed by atoms with Gasteiger partial charge in [-0.1, -0.05) is 0 Å². The number of hydrogen-bond acceptors (Lipinski definition) is 7. The molecule has 1 aromatic heterocycles. The number of amides is 1. The first kappa shape index (κ1) is 14.4. The number of anilines is 2. The fraction of sp³-hybridized carbons (Fsp3) is 0.556. The van der Waals surface area contributed by atoms with Gasteiger partial charge in [0.15, 0.2) is 0 Å². The Labute approximate surface area is 110 Å². The molecule has 0 aliphatic carbocycles. The highest BCUT2D eigenvalue weighted by atomic mass is 35.5. The Kier molecular flexibility index (Phi) is 5.53. The maximum absolute atomic E-state index is 11.5. The van der Waals surface area contributed by atoms with E-state index in [-0.39, 0.29) is 29.6 Å². The number of rotatable bonds is 6. The van der Waals surface area contributed by atoms with Gasteiger partial charge in [0.05, 0.1) is 13.2 Å². The molecule has 1 heterocycles. The van der Waals surface area contributed by atoms with Gasteiger partial charge >= 0.3 is 0 Å². The Morgan fingerprint density at radius 3 is 2.83 bits per heavy atom. The highest BCUT2D eigenvalue weighted by Gasteiger charge is 2.11. The summed E-state index contributed by atoms with van der Waals surface area (Å²) in [5.74, 6) is 0.0793. The summed E-state index contributed by atoms with van der Waals surface area (Å²) < 4.78 is 4.82. The monoisotopic (exact) mass is 274 g/mol. The summed E-state index contributed by atoms with van der Waals surface area (Å²) in [6, 6.07) is 0. The Morgan fingerprint density at radius 1 is 1.50 bits per heavy atom. The minimum Gasteiger partial charge on any atom is -0.383 e. The van der Waals surface area contributed by atoms with Crippen molar-refractivity contribution in [2.24, 2.45) is 0 Å². The third kappa shape index (κ3) is 4.68. The van der Waals surface area contributed by atoms with Crippen molar-refractivity contribution in [3.63, 3.8) is 0 Å². The first-order valence-electron chi connectivity index (χ1n) is 5.16. The predicted octanol–water partition coefficient (Wildman–Crippen LogP) is -0.694. The third-order valence-electron chi connectivity index (χ3n) is 1.96. The molecule has 3 N–H and O–H groups in total. The second-order valence-corrected chi connectivity index (χ2v) is 3.80. The Morgan fingerprint density at radius 2 is 2.22 bits per heavy atom. The number of nitrogens with zero attached hydrogens (tertiary/aromatic N) is 4. The van der Waals surface area contributed by atoms with Crippen molar-refractivity contribution in [1.29, 1.82) is 0 Å². The second-order valence-electron chi connectivity index (χ2n) is 3.46. The van der Waals surface area contributed by atoms with Gasteiger partial charge in [0.25, 0.3) is 0 Å². The maximum Gasteiger partial charge on any atom is 0.239 e. The lowest BCUT2D eigenvalue weighted by molar-refractivity contribution is -0.119. The Hall–Kier alpha value is -1.67. The molecule has 1 amide bonds. The van der Waals surface area contributed by atoms with Crippen LogP contribution in [-0.4, -0.2) is 54.7 Å². The molecule has 0 spiro atoms. The van der Waals surface area contributed by atoms with Crippen LogP contribution < -0.4 is 16.0 Å². The topological polar surface area (TPSA) is 106 Å². The van der Waals surface area contributed by atoms with Crippen LogP contribution in [0.1, 0.15) is 0 Å². The predicted molar refractivity (Wildman–Crippen MR) is 67.4 cm³/mol. The van der Waals surface area contributed by atoms with Crippen LogP contribution in [-0.2, 0) is 9.53 Å². The van der Waals surface area contributed by atoms with Crippen LogP contribution in [0.25, 0.3) is 0 Å². The molecule has 0 aliphatic rings. The number of carbonyl (C=O) groups is 1. The van der Waals surface area contributed by atoms with E-state index in [9.17, 15) is 4.79 Å². The molecule has 0 saturated carbocycles. The lowest BCUT2D eigenvalue weighted by Crippen LogP contribution is -2.37. The van der Waals surface area contributed by atoms with Gasteiger partial charge in [-0.05, 0) is 11.6 Å². The molecule has 1 rings (SSSR count). The summed E-state index contributed by atoms with van der Waals surface area (Å²) in [7, 11) is 3.22. The molecule has 100 valence electrons. The highest BCUT2D eigenvalue weighted by Crippen LogP contribution is 2.09. The molecule has 0 aliphatic heterocycles. The van der Waals surface area contributed by atoms with Crippen LogP contribution in [0.3, 0.4) is 0 Å². The highest BCUT2D eigenvalue weighted by molar-refractivity contribution is 6.28. The average molecular weight is 275 g/mol. The lowest BCUT2D eigenvalue weighted by Gasteiger charge is -2.16. The van der Waals surface area contributed by atoms with Crippen LogP contribution >= 0.6 is 11.6 Å². The van der Waals surface area contributed by atoms with Gasteiger partial charge in [-0.2, -0.15) is 15.0 Å². The summed E-state index contributed by atoms with van der Waals surface area (Å²) in [5, 5.41) is 2.66. The summed E-state index contributed by atoms with van der Waals surface area (Å²) in [6.45, 7) is 0.993. The van der Waals surface area contributed by atoms with Crippen LogP contribution in [0.4, 0.5) is 11.9 Å². The number of hydrogen-bond donors (Lipinski definition) is 2. The van der Waals surface area contributed by atoms with Gasteiger partial charge in [-0.15, -0.1) is 0 Å². The van der Waals surface area contributed by atoms with Crippen LogP contribution in [0.2, 0.25) is 5.28 Å². The molecule has 0 bridgehead atoms. The number of nitrogens with one attached hydrogen (secondary N) is 1. The first-order valence-corrected chi connectivity index (χ1v) is 5.54. The van der Waals surface area contributed by atoms with Crippen molar-refractivity contribution in [3.8, 4) is 0 Å². The fourth-order valence-electron chi connectivity index (χ4n) is 1.16. The van der Waals surface area contributed by atoms with Crippen molar-refractivity contribution in [2.75, 3.05) is 44.5 Å².